The van der Waals surface area contributed by atoms with Crippen molar-refractivity contribution in [2.45, 2.75) is 89.0 Å². The maximum absolute atomic E-state index is 14.3. The third-order valence-corrected chi connectivity index (χ3v) is 8.67. The van der Waals surface area contributed by atoms with E-state index in [9.17, 15) is 9.18 Å². The Morgan fingerprint density at radius 1 is 1.21 bits per heavy atom. The molecule has 1 N–H and O–H groups in total. The van der Waals surface area contributed by atoms with Crippen LogP contribution in [0.25, 0.3) is 0 Å². The number of anilines is 1. The molecule has 2 heterocycles. The zero-order valence-corrected chi connectivity index (χ0v) is 26.7. The monoisotopic (exact) mass is 658 g/mol. The molecule has 224 valence electrons. The molecule has 0 spiro atoms. The second-order valence-electron chi connectivity index (χ2n) is 10.7. The van der Waals surface area contributed by atoms with Crippen LogP contribution in [0.1, 0.15) is 77.0 Å². The maximum Gasteiger partial charge on any atom is 0.338 e. The Morgan fingerprint density at radius 3 is 2.69 bits per heavy atom. The van der Waals surface area contributed by atoms with Gasteiger partial charge in [-0.2, -0.15) is 4.98 Å². The molecule has 1 atom stereocenters. The van der Waals surface area contributed by atoms with Gasteiger partial charge >= 0.3 is 5.97 Å². The summed E-state index contributed by atoms with van der Waals surface area (Å²) in [5.41, 5.74) is 2.42. The number of allylic oxidation sites excluding steroid dienone is 1. The molecule has 1 aromatic heterocycles. The first-order valence-electron chi connectivity index (χ1n) is 14.4. The molecular weight excluding hydrogens is 623 g/mol. The lowest BCUT2D eigenvalue weighted by Gasteiger charge is -2.30. The average Bonchev–Trinajstić information content (AvgIpc) is 3.36. The number of carbonyl (C=O) groups is 1. The number of fused-ring (bicyclic) bond motifs is 1. The van der Waals surface area contributed by atoms with Crippen molar-refractivity contribution in [1.82, 2.24) is 14.8 Å². The van der Waals surface area contributed by atoms with Crippen LogP contribution in [0.5, 0.6) is 11.5 Å². The van der Waals surface area contributed by atoms with Crippen LogP contribution in [0.2, 0.25) is 0 Å². The Balaban J connectivity index is 1.55. The van der Waals surface area contributed by atoms with Crippen LogP contribution in [-0.4, -0.2) is 39.5 Å². The zero-order valence-electron chi connectivity index (χ0n) is 24.3. The molecule has 1 fully saturated rings. The molecular formula is C31H36BrFN4O4S. The van der Waals surface area contributed by atoms with Crippen molar-refractivity contribution in [3.8, 4) is 11.5 Å². The van der Waals surface area contributed by atoms with E-state index in [1.807, 2.05) is 39.8 Å². The molecule has 0 bridgehead atoms. The Morgan fingerprint density at radius 2 is 1.98 bits per heavy atom. The number of hydrogen-bond donors (Lipinski definition) is 1. The van der Waals surface area contributed by atoms with Gasteiger partial charge in [0.15, 0.2) is 11.5 Å². The number of hydrogen-bond acceptors (Lipinski definition) is 8. The summed E-state index contributed by atoms with van der Waals surface area (Å²) in [5.74, 6) is 1.35. The molecule has 0 radical (unpaired) electrons. The number of nitrogens with one attached hydrogen (secondary N) is 1. The van der Waals surface area contributed by atoms with Crippen molar-refractivity contribution < 1.29 is 23.4 Å². The molecule has 1 aliphatic carbocycles. The van der Waals surface area contributed by atoms with Crippen molar-refractivity contribution in [2.75, 3.05) is 11.9 Å². The van der Waals surface area contributed by atoms with Crippen LogP contribution in [0.15, 0.2) is 57.3 Å². The third kappa shape index (κ3) is 6.78. The zero-order chi connectivity index (χ0) is 29.8. The van der Waals surface area contributed by atoms with E-state index >= 15 is 0 Å². The number of rotatable bonds is 10. The Hall–Kier alpha value is -3.05. The fraction of sp³-hybridized carbons (Fsp3) is 0.452. The van der Waals surface area contributed by atoms with Crippen molar-refractivity contribution in [3.05, 3.63) is 69.1 Å². The lowest BCUT2D eigenvalue weighted by Crippen LogP contribution is -2.32. The van der Waals surface area contributed by atoms with Gasteiger partial charge in [0.2, 0.25) is 11.1 Å². The molecule has 0 amide bonds. The van der Waals surface area contributed by atoms with E-state index in [-0.39, 0.29) is 24.0 Å². The second kappa shape index (κ2) is 13.5. The third-order valence-electron chi connectivity index (χ3n) is 7.19. The van der Waals surface area contributed by atoms with Gasteiger partial charge < -0.3 is 19.5 Å². The molecule has 1 saturated carbocycles. The Bertz CT molecular complexity index is 1470. The van der Waals surface area contributed by atoms with Gasteiger partial charge in [-0.05, 0) is 98.6 Å². The molecule has 0 saturated heterocycles. The number of esters is 1. The summed E-state index contributed by atoms with van der Waals surface area (Å²) in [7, 11) is 0. The fourth-order valence-electron chi connectivity index (χ4n) is 5.28. The molecule has 3 aromatic rings. The molecule has 2 aromatic carbocycles. The lowest BCUT2D eigenvalue weighted by atomic mass is 9.94. The maximum atomic E-state index is 14.3. The van der Waals surface area contributed by atoms with Crippen LogP contribution >= 0.6 is 27.7 Å². The highest BCUT2D eigenvalue weighted by atomic mass is 79.9. The number of halogens is 2. The quantitative estimate of drug-likeness (QED) is 0.174. The van der Waals surface area contributed by atoms with Crippen LogP contribution in [0, 0.1) is 5.82 Å². The highest BCUT2D eigenvalue weighted by Crippen LogP contribution is 2.44. The molecule has 42 heavy (non-hydrogen) atoms. The highest BCUT2D eigenvalue weighted by Gasteiger charge is 2.37. The van der Waals surface area contributed by atoms with E-state index in [1.165, 1.54) is 17.8 Å². The minimum atomic E-state index is -0.642. The van der Waals surface area contributed by atoms with Gasteiger partial charge in [-0.25, -0.2) is 13.9 Å². The number of benzene rings is 2. The van der Waals surface area contributed by atoms with E-state index in [4.69, 9.17) is 24.3 Å². The van der Waals surface area contributed by atoms with Gasteiger partial charge in [-0.3, -0.25) is 0 Å². The van der Waals surface area contributed by atoms with E-state index in [2.05, 4.69) is 21.2 Å². The van der Waals surface area contributed by atoms with Crippen molar-refractivity contribution in [1.29, 1.82) is 0 Å². The summed E-state index contributed by atoms with van der Waals surface area (Å²) >= 11 is 5.01. The van der Waals surface area contributed by atoms with Gasteiger partial charge in [0.25, 0.3) is 0 Å². The van der Waals surface area contributed by atoms with Gasteiger partial charge in [0, 0.05) is 11.4 Å². The van der Waals surface area contributed by atoms with Crippen molar-refractivity contribution >= 4 is 39.6 Å². The van der Waals surface area contributed by atoms with Gasteiger partial charge in [-0.15, -0.1) is 5.10 Å². The van der Waals surface area contributed by atoms with Crippen LogP contribution in [-0.2, 0) is 15.3 Å². The summed E-state index contributed by atoms with van der Waals surface area (Å²) in [4.78, 5) is 18.5. The van der Waals surface area contributed by atoms with E-state index in [0.717, 1.165) is 37.7 Å². The predicted octanol–water partition coefficient (Wildman–Crippen LogP) is 7.82. The highest BCUT2D eigenvalue weighted by molar-refractivity contribution is 9.10. The van der Waals surface area contributed by atoms with Crippen LogP contribution in [0.4, 0.5) is 10.3 Å². The summed E-state index contributed by atoms with van der Waals surface area (Å²) < 4.78 is 34.8. The second-order valence-corrected chi connectivity index (χ2v) is 12.5. The summed E-state index contributed by atoms with van der Waals surface area (Å²) in [6, 6.07) is 9.83. The minimum Gasteiger partial charge on any atom is -0.490 e. The predicted molar refractivity (Wildman–Crippen MR) is 164 cm³/mol. The van der Waals surface area contributed by atoms with Crippen LogP contribution in [0.3, 0.4) is 0 Å². The molecule has 1 aliphatic heterocycles. The normalized spacial score (nSPS) is 17.2. The smallest absolute Gasteiger partial charge is 0.338 e. The largest absolute Gasteiger partial charge is 0.490 e. The average molecular weight is 660 g/mol. The van der Waals surface area contributed by atoms with E-state index in [1.54, 1.807) is 22.9 Å². The van der Waals surface area contributed by atoms with Crippen molar-refractivity contribution in [2.24, 2.45) is 0 Å². The number of nitrogens with zero attached hydrogens (tertiary/aromatic N) is 3. The first-order valence-corrected chi connectivity index (χ1v) is 16.2. The molecule has 2 aliphatic rings. The van der Waals surface area contributed by atoms with Gasteiger partial charge in [0.05, 0.1) is 22.8 Å². The lowest BCUT2D eigenvalue weighted by molar-refractivity contribution is -0.146. The van der Waals surface area contributed by atoms with Gasteiger partial charge in [0.1, 0.15) is 18.0 Å². The van der Waals surface area contributed by atoms with Crippen molar-refractivity contribution in [3.63, 3.8) is 0 Å². The topological polar surface area (TPSA) is 87.5 Å². The summed E-state index contributed by atoms with van der Waals surface area (Å²) in [6.07, 6.45) is 4.82. The number of carbonyl (C=O) groups excluding carboxylic acids is 1. The van der Waals surface area contributed by atoms with E-state index in [0.29, 0.717) is 56.3 Å². The first-order chi connectivity index (χ1) is 20.2. The number of thioether (sulfide) groups is 1. The minimum absolute atomic E-state index is 0.0654. The summed E-state index contributed by atoms with van der Waals surface area (Å²) in [6.45, 7) is 8.11. The standard InChI is InChI=1S/C31H36BrFN4O4S/c1-5-39-25-16-21(15-23(32)28(25)40-18(2)3)27-26(29(38)41-22-12-7-6-8-13-22)19(4)34-30-35-31(36-37(27)30)42-17-20-11-9-10-14-24(20)33/h9-11,14-16,18,22,27H,5-8,12-13,17H2,1-4H3,(H,34,35,36). The molecule has 11 heteroatoms. The fourth-order valence-corrected chi connectivity index (χ4v) is 6.65. The molecule has 8 nitrogen and oxygen atoms in total. The van der Waals surface area contributed by atoms with Crippen LogP contribution < -0.4 is 14.8 Å². The number of aromatic nitrogens is 3. The molecule has 5 rings (SSSR count). The first kappa shape index (κ1) is 30.4. The molecule has 1 unspecified atom stereocenters. The van der Waals surface area contributed by atoms with Gasteiger partial charge in [-0.1, -0.05) is 36.4 Å². The Labute approximate surface area is 258 Å². The number of ether oxygens (including phenoxy) is 3. The van der Waals surface area contributed by atoms with E-state index < -0.39 is 6.04 Å². The Kier molecular flexibility index (Phi) is 9.77. The SMILES string of the molecule is CCOc1cc(C2C(C(=O)OC3CCCCC3)=C(C)Nc3nc(SCc4ccccc4F)nn32)cc(Br)c1OC(C)C. The summed E-state index contributed by atoms with van der Waals surface area (Å²) in [5, 5.41) is 8.52.